The van der Waals surface area contributed by atoms with Crippen LogP contribution in [0.5, 0.6) is 0 Å². The van der Waals surface area contributed by atoms with Crippen LogP contribution in [0.3, 0.4) is 0 Å². The quantitative estimate of drug-likeness (QED) is 0.696. The van der Waals surface area contributed by atoms with Crippen LogP contribution in [0.15, 0.2) is 12.3 Å². The maximum atomic E-state index is 8.02. The predicted octanol–water partition coefficient (Wildman–Crippen LogP) is 4.25. The third-order valence-corrected chi connectivity index (χ3v) is 2.54. The van der Waals surface area contributed by atoms with Crippen LogP contribution in [0, 0.1) is 11.8 Å². The zero-order chi connectivity index (χ0) is 10.8. The van der Waals surface area contributed by atoms with E-state index < -0.39 is 0 Å². The van der Waals surface area contributed by atoms with E-state index >= 15 is 0 Å². The van der Waals surface area contributed by atoms with Crippen LogP contribution >= 0.6 is 11.8 Å². The molecule has 2 heteroatoms. The Kier molecular flexibility index (Phi) is 9.37. The molecular formula is C12H24OS. The largest absolute Gasteiger partial charge is 0.516 e. The Hall–Kier alpha value is -0.110. The second-order valence-corrected chi connectivity index (χ2v) is 4.73. The first-order valence-corrected chi connectivity index (χ1v) is 7.12. The van der Waals surface area contributed by atoms with Gasteiger partial charge in [0.2, 0.25) is 0 Å². The molecule has 2 fully saturated rings. The molecule has 0 aromatic rings. The van der Waals surface area contributed by atoms with E-state index in [9.17, 15) is 0 Å². The molecule has 2 atom stereocenters. The highest BCUT2D eigenvalue weighted by Crippen LogP contribution is 2.55. The van der Waals surface area contributed by atoms with Gasteiger partial charge in [0.05, 0.1) is 6.26 Å². The fraction of sp³-hybridized carbons (Fsp3) is 0.833. The molecule has 2 saturated carbocycles. The minimum absolute atomic E-state index is 0.983. The summed E-state index contributed by atoms with van der Waals surface area (Å²) in [5.41, 5.74) is 0. The Bertz CT molecular complexity index is 133. The summed E-state index contributed by atoms with van der Waals surface area (Å²) in [5.74, 6) is 2.46. The fourth-order valence-corrected chi connectivity index (χ4v) is 1.43. The highest BCUT2D eigenvalue weighted by Gasteiger charge is 2.44. The standard InChI is InChI=1S/C5H10O.C5H8.C2H6S/c1-2-3-4-5-6;1-2-5-3-4(1)5;1-3-2/h4-6H,2-3H2,1H3;4-5H,1-3H2;1-2H3. The Morgan fingerprint density at radius 1 is 1.29 bits per heavy atom. The van der Waals surface area contributed by atoms with Gasteiger partial charge < -0.3 is 5.11 Å². The van der Waals surface area contributed by atoms with Gasteiger partial charge in [0.25, 0.3) is 0 Å². The Balaban J connectivity index is 0.000000192. The highest BCUT2D eigenvalue weighted by molar-refractivity contribution is 7.97. The van der Waals surface area contributed by atoms with Crippen molar-refractivity contribution in [3.8, 4) is 0 Å². The van der Waals surface area contributed by atoms with E-state index in [2.05, 4.69) is 6.92 Å². The van der Waals surface area contributed by atoms with Crippen molar-refractivity contribution in [1.82, 2.24) is 0 Å². The molecular weight excluding hydrogens is 192 g/mol. The van der Waals surface area contributed by atoms with Gasteiger partial charge in [-0.3, -0.25) is 0 Å². The minimum Gasteiger partial charge on any atom is -0.516 e. The van der Waals surface area contributed by atoms with Crippen LogP contribution in [-0.2, 0) is 0 Å². The molecule has 0 heterocycles. The summed E-state index contributed by atoms with van der Waals surface area (Å²) in [7, 11) is 0. The molecule has 0 bridgehead atoms. The number of hydrogen-bond donors (Lipinski definition) is 1. The molecule has 14 heavy (non-hydrogen) atoms. The molecule has 0 aliphatic heterocycles. The monoisotopic (exact) mass is 216 g/mol. The van der Waals surface area contributed by atoms with E-state index in [1.54, 1.807) is 37.1 Å². The molecule has 0 amide bonds. The predicted molar refractivity (Wildman–Crippen MR) is 66.9 cm³/mol. The van der Waals surface area contributed by atoms with E-state index in [1.807, 2.05) is 12.5 Å². The van der Waals surface area contributed by atoms with Crippen molar-refractivity contribution in [2.24, 2.45) is 11.8 Å². The molecule has 0 aromatic carbocycles. The van der Waals surface area contributed by atoms with Crippen molar-refractivity contribution in [1.29, 1.82) is 0 Å². The lowest BCUT2D eigenvalue weighted by Crippen LogP contribution is -1.93. The van der Waals surface area contributed by atoms with Gasteiger partial charge in [0, 0.05) is 0 Å². The number of aliphatic hydroxyl groups excluding tert-OH is 1. The van der Waals surface area contributed by atoms with Gasteiger partial charge in [0.15, 0.2) is 0 Å². The molecule has 2 aliphatic rings. The normalized spacial score (nSPS) is 26.2. The molecule has 2 unspecified atom stereocenters. The Labute approximate surface area is 93.0 Å². The SMILES string of the molecule is C1CC2CC12.CCCC=CO.CSC. The molecule has 0 aromatic heterocycles. The number of rotatable bonds is 2. The van der Waals surface area contributed by atoms with Crippen molar-refractivity contribution < 1.29 is 5.11 Å². The summed E-state index contributed by atoms with van der Waals surface area (Å²) in [6, 6.07) is 0. The minimum atomic E-state index is 0.983. The number of fused-ring (bicyclic) bond motifs is 1. The van der Waals surface area contributed by atoms with Crippen LogP contribution in [0.4, 0.5) is 0 Å². The second-order valence-electron chi connectivity index (χ2n) is 3.91. The molecule has 84 valence electrons. The lowest BCUT2D eigenvalue weighted by Gasteiger charge is -2.04. The van der Waals surface area contributed by atoms with Gasteiger partial charge in [-0.15, -0.1) is 0 Å². The van der Waals surface area contributed by atoms with E-state index in [4.69, 9.17) is 5.11 Å². The van der Waals surface area contributed by atoms with Crippen molar-refractivity contribution >= 4 is 11.8 Å². The lowest BCUT2D eigenvalue weighted by molar-refractivity contribution is 0.468. The van der Waals surface area contributed by atoms with E-state index in [0.29, 0.717) is 0 Å². The summed E-state index contributed by atoms with van der Waals surface area (Å²) < 4.78 is 0. The number of hydrogen-bond acceptors (Lipinski definition) is 2. The molecule has 0 saturated heterocycles. The number of aliphatic hydroxyl groups is 1. The Morgan fingerprint density at radius 3 is 1.86 bits per heavy atom. The summed E-state index contributed by atoms with van der Waals surface area (Å²) in [6.07, 6.45) is 13.7. The van der Waals surface area contributed by atoms with Gasteiger partial charge in [-0.2, -0.15) is 11.8 Å². The van der Waals surface area contributed by atoms with Gasteiger partial charge in [-0.25, -0.2) is 0 Å². The van der Waals surface area contributed by atoms with E-state index in [-0.39, 0.29) is 0 Å². The number of thioether (sulfide) groups is 1. The number of allylic oxidation sites excluding steroid dienone is 1. The van der Waals surface area contributed by atoms with E-state index in [0.717, 1.165) is 19.1 Å². The molecule has 2 rings (SSSR count). The molecule has 1 nitrogen and oxygen atoms in total. The smallest absolute Gasteiger partial charge is 0.0751 e. The second kappa shape index (κ2) is 9.45. The summed E-state index contributed by atoms with van der Waals surface area (Å²) in [4.78, 5) is 0. The summed E-state index contributed by atoms with van der Waals surface area (Å²) in [5, 5.41) is 8.02. The van der Waals surface area contributed by atoms with Crippen molar-refractivity contribution in [2.75, 3.05) is 12.5 Å². The van der Waals surface area contributed by atoms with Gasteiger partial charge in [-0.1, -0.05) is 19.4 Å². The topological polar surface area (TPSA) is 20.2 Å². The van der Waals surface area contributed by atoms with Crippen molar-refractivity contribution in [3.63, 3.8) is 0 Å². The summed E-state index contributed by atoms with van der Waals surface area (Å²) >= 11 is 1.75. The fourth-order valence-electron chi connectivity index (χ4n) is 1.43. The number of unbranched alkanes of at least 4 members (excludes halogenated alkanes) is 1. The van der Waals surface area contributed by atoms with Crippen LogP contribution in [0.1, 0.15) is 39.0 Å². The van der Waals surface area contributed by atoms with E-state index in [1.165, 1.54) is 11.8 Å². The zero-order valence-corrected chi connectivity index (χ0v) is 10.5. The first-order valence-electron chi connectivity index (χ1n) is 5.49. The van der Waals surface area contributed by atoms with Crippen molar-refractivity contribution in [3.05, 3.63) is 12.3 Å². The first kappa shape index (κ1) is 13.9. The van der Waals surface area contributed by atoms with Crippen molar-refractivity contribution in [2.45, 2.75) is 39.0 Å². The zero-order valence-electron chi connectivity index (χ0n) is 9.70. The molecule has 0 spiro atoms. The lowest BCUT2D eigenvalue weighted by atomic mass is 10.0. The third kappa shape index (κ3) is 7.31. The average Bonchev–Trinajstić information content (AvgIpc) is 2.72. The maximum Gasteiger partial charge on any atom is 0.0751 e. The molecule has 1 N–H and O–H groups in total. The molecule has 0 radical (unpaired) electrons. The van der Waals surface area contributed by atoms with Gasteiger partial charge in [-0.05, 0) is 50.0 Å². The Morgan fingerprint density at radius 2 is 1.79 bits per heavy atom. The summed E-state index contributed by atoms with van der Waals surface area (Å²) in [6.45, 7) is 2.07. The van der Waals surface area contributed by atoms with Gasteiger partial charge >= 0.3 is 0 Å². The van der Waals surface area contributed by atoms with Crippen LogP contribution in [0.25, 0.3) is 0 Å². The van der Waals surface area contributed by atoms with Gasteiger partial charge in [0.1, 0.15) is 0 Å². The molecule has 2 aliphatic carbocycles. The van der Waals surface area contributed by atoms with Crippen LogP contribution < -0.4 is 0 Å². The first-order chi connectivity index (χ1) is 6.79. The average molecular weight is 216 g/mol. The third-order valence-electron chi connectivity index (χ3n) is 2.54. The van der Waals surface area contributed by atoms with Crippen LogP contribution in [-0.4, -0.2) is 17.6 Å². The van der Waals surface area contributed by atoms with Crippen LogP contribution in [0.2, 0.25) is 0 Å². The highest BCUT2D eigenvalue weighted by atomic mass is 32.2. The maximum absolute atomic E-state index is 8.02.